The molecule has 0 radical (unpaired) electrons. The summed E-state index contributed by atoms with van der Waals surface area (Å²) in [4.78, 5) is 0.505. The Labute approximate surface area is 72.5 Å². The number of nitrogens with two attached hydrogens (primary N) is 1. The molecule has 80 valence electrons. The summed E-state index contributed by atoms with van der Waals surface area (Å²) in [5, 5.41) is 0. The molecule has 0 heterocycles. The Hall–Kier alpha value is -0.430. The Balaban J connectivity index is 4.24. The van der Waals surface area contributed by atoms with Crippen LogP contribution in [-0.4, -0.2) is 43.7 Å². The van der Waals surface area contributed by atoms with E-state index in [9.17, 15) is 22.0 Å². The van der Waals surface area contributed by atoms with Gasteiger partial charge in [-0.25, -0.2) is 8.78 Å². The maximum Gasteiger partial charge on any atom is 0.405 e. The van der Waals surface area contributed by atoms with E-state index in [0.717, 1.165) is 7.05 Å². The lowest BCUT2D eigenvalue weighted by atomic mass is 10.2. The zero-order valence-electron chi connectivity index (χ0n) is 6.98. The van der Waals surface area contributed by atoms with Crippen LogP contribution in [0.4, 0.5) is 22.0 Å². The predicted molar refractivity (Wildman–Crippen MR) is 37.5 cm³/mol. The van der Waals surface area contributed by atoms with Crippen molar-refractivity contribution in [2.75, 3.05) is 20.1 Å². The first-order valence-corrected chi connectivity index (χ1v) is 3.54. The third-order valence-electron chi connectivity index (χ3n) is 1.56. The lowest BCUT2D eigenvalue weighted by Gasteiger charge is -2.28. The zero-order valence-corrected chi connectivity index (χ0v) is 6.98. The van der Waals surface area contributed by atoms with Gasteiger partial charge in [-0.1, -0.05) is 0 Å². The van der Waals surface area contributed by atoms with Crippen molar-refractivity contribution in [1.29, 1.82) is 0 Å². The second-order valence-corrected chi connectivity index (χ2v) is 2.62. The first kappa shape index (κ1) is 12.6. The van der Waals surface area contributed by atoms with Crippen molar-refractivity contribution in [2.45, 2.75) is 18.6 Å². The fourth-order valence-corrected chi connectivity index (χ4v) is 0.908. The Morgan fingerprint density at radius 2 is 1.77 bits per heavy atom. The van der Waals surface area contributed by atoms with Crippen molar-refractivity contribution in [3.63, 3.8) is 0 Å². The second-order valence-electron chi connectivity index (χ2n) is 2.62. The Bertz CT molecular complexity index is 146. The average molecular weight is 206 g/mol. The van der Waals surface area contributed by atoms with Crippen LogP contribution in [-0.2, 0) is 0 Å². The van der Waals surface area contributed by atoms with Gasteiger partial charge < -0.3 is 5.73 Å². The molecular formula is C6H11F5N2. The average Bonchev–Trinajstić information content (AvgIpc) is 1.82. The maximum atomic E-state index is 12.1. The van der Waals surface area contributed by atoms with E-state index in [2.05, 4.69) is 0 Å². The molecule has 1 atom stereocenters. The van der Waals surface area contributed by atoms with Gasteiger partial charge in [0.05, 0.1) is 6.54 Å². The van der Waals surface area contributed by atoms with Crippen LogP contribution in [0.2, 0.25) is 0 Å². The molecule has 0 amide bonds. The summed E-state index contributed by atoms with van der Waals surface area (Å²) in [5.74, 6) is 0. The van der Waals surface area contributed by atoms with Gasteiger partial charge in [0.15, 0.2) is 0 Å². The Morgan fingerprint density at radius 1 is 1.31 bits per heavy atom. The minimum absolute atomic E-state index is 0.505. The number of alkyl halides is 5. The number of nitrogens with zero attached hydrogens (tertiary/aromatic N) is 1. The molecule has 0 aliphatic rings. The van der Waals surface area contributed by atoms with Crippen LogP contribution in [0, 0.1) is 0 Å². The lowest BCUT2D eigenvalue weighted by Crippen LogP contribution is -2.49. The number of likely N-dealkylation sites (N-methyl/N-ethyl adjacent to an activating group) is 1. The maximum absolute atomic E-state index is 12.1. The first-order chi connectivity index (χ1) is 5.79. The summed E-state index contributed by atoms with van der Waals surface area (Å²) in [5.41, 5.74) is 4.83. The van der Waals surface area contributed by atoms with Gasteiger partial charge in [-0.05, 0) is 7.05 Å². The molecule has 0 aromatic heterocycles. The molecule has 0 aliphatic carbocycles. The second kappa shape index (κ2) is 4.71. The molecule has 0 saturated heterocycles. The number of hydrogen-bond donors (Lipinski definition) is 1. The van der Waals surface area contributed by atoms with E-state index in [1.165, 1.54) is 0 Å². The van der Waals surface area contributed by atoms with Gasteiger partial charge in [-0.15, -0.1) is 0 Å². The summed E-state index contributed by atoms with van der Waals surface area (Å²) >= 11 is 0. The monoisotopic (exact) mass is 206 g/mol. The van der Waals surface area contributed by atoms with Crippen molar-refractivity contribution >= 4 is 0 Å². The largest absolute Gasteiger partial charge is 0.405 e. The van der Waals surface area contributed by atoms with Crippen molar-refractivity contribution in [3.05, 3.63) is 0 Å². The van der Waals surface area contributed by atoms with Gasteiger partial charge in [0, 0.05) is 6.54 Å². The summed E-state index contributed by atoms with van der Waals surface area (Å²) in [7, 11) is 0.969. The van der Waals surface area contributed by atoms with Gasteiger partial charge in [-0.2, -0.15) is 13.2 Å². The molecule has 0 spiro atoms. The van der Waals surface area contributed by atoms with Gasteiger partial charge in [-0.3, -0.25) is 4.90 Å². The molecule has 0 rings (SSSR count). The van der Waals surface area contributed by atoms with Crippen LogP contribution in [0.5, 0.6) is 0 Å². The highest BCUT2D eigenvalue weighted by atomic mass is 19.4. The number of halogens is 5. The summed E-state index contributed by atoms with van der Waals surface area (Å²) in [6, 6.07) is -2.00. The highest BCUT2D eigenvalue weighted by molar-refractivity contribution is 4.77. The standard InChI is InChI=1S/C6H11F5N2/c1-13(3-5(7)8)4(2-12)6(9,10)11/h4-5H,2-3,12H2,1H3. The highest BCUT2D eigenvalue weighted by Gasteiger charge is 2.41. The fraction of sp³-hybridized carbons (Fsp3) is 1.00. The molecule has 7 heteroatoms. The van der Waals surface area contributed by atoms with Crippen molar-refractivity contribution < 1.29 is 22.0 Å². The van der Waals surface area contributed by atoms with Crippen molar-refractivity contribution in [3.8, 4) is 0 Å². The SMILES string of the molecule is CN(CC(F)F)C(CN)C(F)(F)F. The zero-order chi connectivity index (χ0) is 10.6. The predicted octanol–water partition coefficient (Wildman–Crippen LogP) is 1.07. The molecule has 13 heavy (non-hydrogen) atoms. The molecule has 0 aromatic rings. The van der Waals surface area contributed by atoms with Gasteiger partial charge in [0.25, 0.3) is 6.43 Å². The molecular weight excluding hydrogens is 195 g/mol. The first-order valence-electron chi connectivity index (χ1n) is 3.54. The Kier molecular flexibility index (Phi) is 4.55. The minimum Gasteiger partial charge on any atom is -0.329 e. The van der Waals surface area contributed by atoms with Gasteiger partial charge in [0.2, 0.25) is 0 Å². The number of hydrogen-bond acceptors (Lipinski definition) is 2. The topological polar surface area (TPSA) is 29.3 Å². The van der Waals surface area contributed by atoms with E-state index in [4.69, 9.17) is 5.73 Å². The summed E-state index contributed by atoms with van der Waals surface area (Å²) in [6.07, 6.45) is -7.35. The molecule has 1 unspecified atom stereocenters. The van der Waals surface area contributed by atoms with Crippen molar-refractivity contribution in [2.24, 2.45) is 5.73 Å². The quantitative estimate of drug-likeness (QED) is 0.697. The van der Waals surface area contributed by atoms with Crippen LogP contribution >= 0.6 is 0 Å². The summed E-state index contributed by atoms with van der Waals surface area (Å²) < 4.78 is 59.6. The number of rotatable bonds is 4. The molecule has 2 N–H and O–H groups in total. The van der Waals surface area contributed by atoms with E-state index < -0.39 is 31.7 Å². The molecule has 2 nitrogen and oxygen atoms in total. The van der Waals surface area contributed by atoms with E-state index in [-0.39, 0.29) is 0 Å². The van der Waals surface area contributed by atoms with Crippen LogP contribution in [0.1, 0.15) is 0 Å². The fourth-order valence-electron chi connectivity index (χ4n) is 0.908. The van der Waals surface area contributed by atoms with E-state index in [1.807, 2.05) is 0 Å². The van der Waals surface area contributed by atoms with Crippen molar-refractivity contribution in [1.82, 2.24) is 4.90 Å². The molecule has 0 saturated carbocycles. The van der Waals surface area contributed by atoms with Crippen LogP contribution < -0.4 is 5.73 Å². The third kappa shape index (κ3) is 4.37. The Morgan fingerprint density at radius 3 is 2.00 bits per heavy atom. The molecule has 0 aromatic carbocycles. The molecule has 0 aliphatic heterocycles. The van der Waals surface area contributed by atoms with E-state index in [1.54, 1.807) is 0 Å². The smallest absolute Gasteiger partial charge is 0.329 e. The van der Waals surface area contributed by atoms with Gasteiger partial charge >= 0.3 is 6.18 Å². The highest BCUT2D eigenvalue weighted by Crippen LogP contribution is 2.23. The molecule has 0 bridgehead atoms. The summed E-state index contributed by atoms with van der Waals surface area (Å²) in [6.45, 7) is -1.64. The normalized spacial score (nSPS) is 15.5. The van der Waals surface area contributed by atoms with E-state index in [0.29, 0.717) is 4.90 Å². The third-order valence-corrected chi connectivity index (χ3v) is 1.56. The van der Waals surface area contributed by atoms with Crippen LogP contribution in [0.15, 0.2) is 0 Å². The minimum atomic E-state index is -4.56. The lowest BCUT2D eigenvalue weighted by molar-refractivity contribution is -0.180. The van der Waals surface area contributed by atoms with E-state index >= 15 is 0 Å². The van der Waals surface area contributed by atoms with Crippen LogP contribution in [0.3, 0.4) is 0 Å². The van der Waals surface area contributed by atoms with Gasteiger partial charge in [0.1, 0.15) is 6.04 Å². The molecule has 0 fully saturated rings. The van der Waals surface area contributed by atoms with Crippen LogP contribution in [0.25, 0.3) is 0 Å².